The maximum atomic E-state index is 12.2. The van der Waals surface area contributed by atoms with E-state index in [9.17, 15) is 4.79 Å². The average molecular weight is 310 g/mol. The second-order valence-electron chi connectivity index (χ2n) is 4.60. The first-order valence-electron chi connectivity index (χ1n) is 7.05. The summed E-state index contributed by atoms with van der Waals surface area (Å²) in [6.07, 6.45) is 1.49. The normalized spacial score (nSPS) is 10.3. The van der Waals surface area contributed by atoms with E-state index in [1.807, 2.05) is 6.92 Å². The van der Waals surface area contributed by atoms with Gasteiger partial charge in [-0.1, -0.05) is 6.07 Å². The Balaban J connectivity index is 1.71. The molecule has 0 unspecified atom stereocenters. The summed E-state index contributed by atoms with van der Waals surface area (Å²) in [6.45, 7) is 2.42. The van der Waals surface area contributed by atoms with Gasteiger partial charge < -0.3 is 9.47 Å². The van der Waals surface area contributed by atoms with Crippen LogP contribution in [0.2, 0.25) is 0 Å². The molecule has 0 N–H and O–H groups in total. The predicted octanol–water partition coefficient (Wildman–Crippen LogP) is 2.28. The molecule has 2 aromatic carbocycles. The largest absolute Gasteiger partial charge is 0.494 e. The van der Waals surface area contributed by atoms with Crippen molar-refractivity contribution in [2.75, 3.05) is 6.61 Å². The SMILES string of the molecule is CCOc1cccc(C(=O)Oc2ccc(-n3cnnn3)cc2)c1. The average Bonchev–Trinajstić information content (AvgIpc) is 3.11. The van der Waals surface area contributed by atoms with Crippen LogP contribution in [0.3, 0.4) is 0 Å². The summed E-state index contributed by atoms with van der Waals surface area (Å²) in [5, 5.41) is 10.9. The molecular weight excluding hydrogens is 296 g/mol. The highest BCUT2D eigenvalue weighted by Crippen LogP contribution is 2.18. The number of benzene rings is 2. The van der Waals surface area contributed by atoms with Crippen molar-refractivity contribution in [1.29, 1.82) is 0 Å². The first-order valence-corrected chi connectivity index (χ1v) is 7.05. The Hall–Kier alpha value is -3.22. The molecule has 7 nitrogen and oxygen atoms in total. The Labute approximate surface area is 132 Å². The molecule has 0 atom stereocenters. The Morgan fingerprint density at radius 2 is 1.96 bits per heavy atom. The summed E-state index contributed by atoms with van der Waals surface area (Å²) < 4.78 is 12.2. The third kappa shape index (κ3) is 3.52. The number of ether oxygens (including phenoxy) is 2. The lowest BCUT2D eigenvalue weighted by Crippen LogP contribution is -2.08. The van der Waals surface area contributed by atoms with Crippen LogP contribution in [0.5, 0.6) is 11.5 Å². The van der Waals surface area contributed by atoms with Crippen LogP contribution < -0.4 is 9.47 Å². The summed E-state index contributed by atoms with van der Waals surface area (Å²) in [5.74, 6) is 0.631. The first kappa shape index (κ1) is 14.7. The quantitative estimate of drug-likeness (QED) is 0.531. The third-order valence-corrected chi connectivity index (χ3v) is 3.04. The molecule has 0 amide bonds. The van der Waals surface area contributed by atoms with E-state index >= 15 is 0 Å². The van der Waals surface area contributed by atoms with Crippen LogP contribution >= 0.6 is 0 Å². The second-order valence-corrected chi connectivity index (χ2v) is 4.60. The van der Waals surface area contributed by atoms with Crippen LogP contribution in [0, 0.1) is 0 Å². The minimum Gasteiger partial charge on any atom is -0.494 e. The summed E-state index contributed by atoms with van der Waals surface area (Å²) in [6, 6.07) is 13.8. The van der Waals surface area contributed by atoms with Crippen LogP contribution in [-0.4, -0.2) is 32.8 Å². The standard InChI is InChI=1S/C16H14N4O3/c1-2-22-15-5-3-4-12(10-15)16(21)23-14-8-6-13(7-9-14)20-11-17-18-19-20/h3-11H,2H2,1H3. The van der Waals surface area contributed by atoms with Gasteiger partial charge in [0.2, 0.25) is 0 Å². The van der Waals surface area contributed by atoms with E-state index in [4.69, 9.17) is 9.47 Å². The summed E-state index contributed by atoms with van der Waals surface area (Å²) in [4.78, 5) is 12.2. The van der Waals surface area contributed by atoms with Gasteiger partial charge in [0, 0.05) is 0 Å². The molecule has 7 heteroatoms. The molecule has 0 saturated heterocycles. The van der Waals surface area contributed by atoms with Gasteiger partial charge in [0.15, 0.2) is 0 Å². The number of nitrogens with zero attached hydrogens (tertiary/aromatic N) is 4. The molecule has 23 heavy (non-hydrogen) atoms. The Morgan fingerprint density at radius 1 is 1.13 bits per heavy atom. The van der Waals surface area contributed by atoms with Crippen LogP contribution in [-0.2, 0) is 0 Å². The number of carbonyl (C=O) groups is 1. The Bertz CT molecular complexity index is 785. The van der Waals surface area contributed by atoms with E-state index in [1.54, 1.807) is 48.5 Å². The molecule has 3 aromatic rings. The maximum Gasteiger partial charge on any atom is 0.343 e. The van der Waals surface area contributed by atoms with Gasteiger partial charge in [-0.3, -0.25) is 0 Å². The number of aromatic nitrogens is 4. The van der Waals surface area contributed by atoms with Crippen LogP contribution in [0.4, 0.5) is 0 Å². The number of hydrogen-bond acceptors (Lipinski definition) is 6. The van der Waals surface area contributed by atoms with E-state index in [1.165, 1.54) is 11.0 Å². The highest BCUT2D eigenvalue weighted by Gasteiger charge is 2.10. The van der Waals surface area contributed by atoms with Gasteiger partial charge >= 0.3 is 5.97 Å². The molecule has 0 fully saturated rings. The molecule has 1 heterocycles. The van der Waals surface area contributed by atoms with E-state index in [0.717, 1.165) is 5.69 Å². The number of rotatable bonds is 5. The fourth-order valence-electron chi connectivity index (χ4n) is 1.99. The molecule has 0 aliphatic rings. The number of esters is 1. The predicted molar refractivity (Wildman–Crippen MR) is 81.7 cm³/mol. The zero-order chi connectivity index (χ0) is 16.1. The van der Waals surface area contributed by atoms with Gasteiger partial charge in [0.25, 0.3) is 0 Å². The number of tetrazole rings is 1. The van der Waals surface area contributed by atoms with Crippen molar-refractivity contribution in [2.24, 2.45) is 0 Å². The van der Waals surface area contributed by atoms with Crippen LogP contribution in [0.1, 0.15) is 17.3 Å². The van der Waals surface area contributed by atoms with Gasteiger partial charge in [-0.05, 0) is 59.8 Å². The topological polar surface area (TPSA) is 79.1 Å². The molecule has 0 aliphatic heterocycles. The Morgan fingerprint density at radius 3 is 2.65 bits per heavy atom. The van der Waals surface area contributed by atoms with E-state index in [0.29, 0.717) is 23.7 Å². The van der Waals surface area contributed by atoms with E-state index in [-0.39, 0.29) is 0 Å². The second kappa shape index (κ2) is 6.69. The molecule has 0 spiro atoms. The lowest BCUT2D eigenvalue weighted by molar-refractivity contribution is 0.0734. The van der Waals surface area contributed by atoms with Crippen LogP contribution in [0.15, 0.2) is 54.9 Å². The van der Waals surface area contributed by atoms with Crippen molar-refractivity contribution < 1.29 is 14.3 Å². The first-order chi connectivity index (χ1) is 11.3. The van der Waals surface area contributed by atoms with Gasteiger partial charge in [0.1, 0.15) is 17.8 Å². The lowest BCUT2D eigenvalue weighted by atomic mass is 10.2. The zero-order valence-electron chi connectivity index (χ0n) is 12.4. The van der Waals surface area contributed by atoms with Crippen molar-refractivity contribution in [3.05, 3.63) is 60.4 Å². The minimum atomic E-state index is -0.443. The molecule has 3 rings (SSSR count). The fourth-order valence-corrected chi connectivity index (χ4v) is 1.99. The van der Waals surface area contributed by atoms with E-state index in [2.05, 4.69) is 15.5 Å². The van der Waals surface area contributed by atoms with Crippen LogP contribution in [0.25, 0.3) is 5.69 Å². The lowest BCUT2D eigenvalue weighted by Gasteiger charge is -2.07. The number of carbonyl (C=O) groups excluding carboxylic acids is 1. The summed E-state index contributed by atoms with van der Waals surface area (Å²) in [7, 11) is 0. The molecule has 0 radical (unpaired) electrons. The Kier molecular flexibility index (Phi) is 4.28. The molecule has 116 valence electrons. The van der Waals surface area contributed by atoms with Gasteiger partial charge in [-0.25, -0.2) is 9.48 Å². The van der Waals surface area contributed by atoms with Gasteiger partial charge in [-0.2, -0.15) is 0 Å². The smallest absolute Gasteiger partial charge is 0.343 e. The molecule has 1 aromatic heterocycles. The van der Waals surface area contributed by atoms with Crippen molar-refractivity contribution in [3.8, 4) is 17.2 Å². The monoisotopic (exact) mass is 310 g/mol. The molecular formula is C16H14N4O3. The molecule has 0 bridgehead atoms. The zero-order valence-corrected chi connectivity index (χ0v) is 12.4. The molecule has 0 saturated carbocycles. The highest BCUT2D eigenvalue weighted by atomic mass is 16.5. The molecule has 0 aliphatic carbocycles. The van der Waals surface area contributed by atoms with Crippen molar-refractivity contribution in [2.45, 2.75) is 6.92 Å². The summed E-state index contributed by atoms with van der Waals surface area (Å²) in [5.41, 5.74) is 1.20. The van der Waals surface area contributed by atoms with Gasteiger partial charge in [0.05, 0.1) is 17.9 Å². The highest BCUT2D eigenvalue weighted by molar-refractivity contribution is 5.91. The van der Waals surface area contributed by atoms with Crippen molar-refractivity contribution in [1.82, 2.24) is 20.2 Å². The fraction of sp³-hybridized carbons (Fsp3) is 0.125. The summed E-state index contributed by atoms with van der Waals surface area (Å²) >= 11 is 0. The number of hydrogen-bond donors (Lipinski definition) is 0. The minimum absolute atomic E-state index is 0.431. The van der Waals surface area contributed by atoms with Gasteiger partial charge in [-0.15, -0.1) is 5.10 Å². The maximum absolute atomic E-state index is 12.2. The third-order valence-electron chi connectivity index (χ3n) is 3.04. The van der Waals surface area contributed by atoms with Crippen molar-refractivity contribution in [3.63, 3.8) is 0 Å². The van der Waals surface area contributed by atoms with Crippen molar-refractivity contribution >= 4 is 5.97 Å². The van der Waals surface area contributed by atoms with E-state index < -0.39 is 5.97 Å².